The lowest BCUT2D eigenvalue weighted by atomic mass is 10.1. The Labute approximate surface area is 252 Å². The van der Waals surface area contributed by atoms with Crippen LogP contribution in [0.25, 0.3) is 6.08 Å². The fourth-order valence-corrected chi connectivity index (χ4v) is 4.91. The third kappa shape index (κ3) is 6.20. The molecule has 212 valence electrons. The first kappa shape index (κ1) is 29.6. The monoisotopic (exact) mass is 693 g/mol. The molecular weight excluding hydrogens is 673 g/mol. The Morgan fingerprint density at radius 3 is 2.24 bits per heavy atom. The van der Waals surface area contributed by atoms with E-state index in [4.69, 9.17) is 30.5 Å². The summed E-state index contributed by atoms with van der Waals surface area (Å²) in [4.78, 5) is 50.1. The molecule has 12 nitrogen and oxygen atoms in total. The maximum Gasteiger partial charge on any atom is 0.336 e. The van der Waals surface area contributed by atoms with Crippen molar-refractivity contribution in [3.63, 3.8) is 0 Å². The first-order valence-corrected chi connectivity index (χ1v) is 13.1. The summed E-state index contributed by atoms with van der Waals surface area (Å²) in [6.07, 6.45) is 1.32. The number of urea groups is 1. The number of rotatable bonds is 9. The van der Waals surface area contributed by atoms with Crippen LogP contribution in [0.2, 0.25) is 5.02 Å². The van der Waals surface area contributed by atoms with Crippen molar-refractivity contribution in [2.24, 2.45) is 0 Å². The minimum absolute atomic E-state index is 0.0248. The zero-order chi connectivity index (χ0) is 29.8. The van der Waals surface area contributed by atoms with E-state index in [1.807, 2.05) is 22.6 Å². The van der Waals surface area contributed by atoms with E-state index in [1.165, 1.54) is 51.7 Å². The smallest absolute Gasteiger partial charge is 0.336 e. The van der Waals surface area contributed by atoms with Crippen molar-refractivity contribution < 1.29 is 38.3 Å². The molecule has 1 aliphatic rings. The number of non-ortho nitro benzene ring substituents is 1. The van der Waals surface area contributed by atoms with Crippen molar-refractivity contribution >= 4 is 69.5 Å². The van der Waals surface area contributed by atoms with Gasteiger partial charge in [0.15, 0.2) is 11.5 Å². The van der Waals surface area contributed by atoms with Crippen LogP contribution in [0.4, 0.5) is 16.2 Å². The molecule has 0 aromatic heterocycles. The van der Waals surface area contributed by atoms with Crippen molar-refractivity contribution in [2.45, 2.75) is 6.61 Å². The highest BCUT2D eigenvalue weighted by molar-refractivity contribution is 14.1. The van der Waals surface area contributed by atoms with Crippen LogP contribution >= 0.6 is 34.2 Å². The number of carbonyl (C=O) groups excluding carboxylic acids is 3. The van der Waals surface area contributed by atoms with E-state index in [0.717, 1.165) is 4.90 Å². The molecule has 1 saturated heterocycles. The lowest BCUT2D eigenvalue weighted by molar-refractivity contribution is -0.384. The van der Waals surface area contributed by atoms with E-state index < -0.39 is 22.8 Å². The molecule has 1 aliphatic heterocycles. The van der Waals surface area contributed by atoms with E-state index >= 15 is 0 Å². The quantitative estimate of drug-likeness (QED) is 0.106. The SMILES string of the molecule is COc1cc(N2C(=O)NC(=O)/C(=C\c3cc(I)c(OCc4ccc([N+](=O)[O-])cc4)c(OC)c3)C2=O)c(OC)cc1Cl. The van der Waals surface area contributed by atoms with Crippen LogP contribution in [0.1, 0.15) is 11.1 Å². The molecule has 0 aliphatic carbocycles. The number of imide groups is 2. The predicted octanol–water partition coefficient (Wildman–Crippen LogP) is 5.12. The Morgan fingerprint density at radius 2 is 1.63 bits per heavy atom. The molecule has 0 spiro atoms. The summed E-state index contributed by atoms with van der Waals surface area (Å²) in [5.41, 5.74) is 0.786. The van der Waals surface area contributed by atoms with Crippen molar-refractivity contribution in [1.82, 2.24) is 5.32 Å². The number of barbiturate groups is 1. The largest absolute Gasteiger partial charge is 0.495 e. The molecule has 0 atom stereocenters. The number of carbonyl (C=O) groups is 3. The van der Waals surface area contributed by atoms with Gasteiger partial charge in [0.05, 0.1) is 40.5 Å². The average Bonchev–Trinajstić information content (AvgIpc) is 2.94. The van der Waals surface area contributed by atoms with Gasteiger partial charge in [-0.3, -0.25) is 25.0 Å². The topological polar surface area (TPSA) is 147 Å². The number of hydrogen-bond acceptors (Lipinski definition) is 9. The summed E-state index contributed by atoms with van der Waals surface area (Å²) < 4.78 is 22.5. The number of benzene rings is 3. The number of nitrogens with one attached hydrogen (secondary N) is 1. The van der Waals surface area contributed by atoms with Gasteiger partial charge in [0.1, 0.15) is 23.7 Å². The number of anilines is 1. The van der Waals surface area contributed by atoms with Crippen LogP contribution in [0, 0.1) is 13.7 Å². The zero-order valence-electron chi connectivity index (χ0n) is 21.7. The minimum Gasteiger partial charge on any atom is -0.495 e. The molecule has 4 amide bonds. The van der Waals surface area contributed by atoms with Gasteiger partial charge in [-0.05, 0) is 64.1 Å². The number of amides is 4. The Bertz CT molecular complexity index is 1590. The highest BCUT2D eigenvalue weighted by Gasteiger charge is 2.38. The van der Waals surface area contributed by atoms with Gasteiger partial charge in [-0.1, -0.05) is 11.6 Å². The lowest BCUT2D eigenvalue weighted by Gasteiger charge is -2.28. The molecule has 41 heavy (non-hydrogen) atoms. The first-order valence-electron chi connectivity index (χ1n) is 11.6. The second kappa shape index (κ2) is 12.4. The van der Waals surface area contributed by atoms with Crippen LogP contribution < -0.4 is 29.2 Å². The molecule has 1 fully saturated rings. The number of nitrogens with zero attached hydrogens (tertiary/aromatic N) is 2. The van der Waals surface area contributed by atoms with Crippen molar-refractivity contribution in [3.05, 3.63) is 83.9 Å². The van der Waals surface area contributed by atoms with Crippen LogP contribution in [0.5, 0.6) is 23.0 Å². The fourth-order valence-electron chi connectivity index (χ4n) is 3.89. The highest BCUT2D eigenvalue weighted by Crippen LogP contribution is 2.40. The molecule has 3 aromatic carbocycles. The molecule has 3 aromatic rings. The minimum atomic E-state index is -0.970. The Balaban J connectivity index is 1.65. The number of methoxy groups -OCH3 is 3. The first-order chi connectivity index (χ1) is 19.6. The third-order valence-corrected chi connectivity index (χ3v) is 6.99. The standard InChI is InChI=1S/C27H21ClIN3O9/c1-38-21-12-20(22(39-2)11-18(21)28)31-26(34)17(25(33)30-27(31)35)8-15-9-19(29)24(23(10-15)40-3)41-13-14-4-6-16(7-5-14)32(36)37/h4-12H,13H2,1-3H3,(H,30,33,35)/b17-8+. The predicted molar refractivity (Wildman–Crippen MR) is 157 cm³/mol. The molecule has 0 bridgehead atoms. The highest BCUT2D eigenvalue weighted by atomic mass is 127. The van der Waals surface area contributed by atoms with Crippen LogP contribution in [-0.4, -0.2) is 44.1 Å². The summed E-state index contributed by atoms with van der Waals surface area (Å²) in [6.45, 7) is 0.106. The number of hydrogen-bond donors (Lipinski definition) is 1. The third-order valence-electron chi connectivity index (χ3n) is 5.89. The summed E-state index contributed by atoms with van der Waals surface area (Å²) in [7, 11) is 4.15. The lowest BCUT2D eigenvalue weighted by Crippen LogP contribution is -2.54. The van der Waals surface area contributed by atoms with E-state index in [0.29, 0.717) is 26.2 Å². The average molecular weight is 694 g/mol. The second-order valence-corrected chi connectivity index (χ2v) is 9.93. The molecule has 0 unspecified atom stereocenters. The van der Waals surface area contributed by atoms with Crippen LogP contribution in [0.3, 0.4) is 0 Å². The number of nitro benzene ring substituents is 1. The molecule has 0 saturated carbocycles. The maximum atomic E-state index is 13.5. The summed E-state index contributed by atoms with van der Waals surface area (Å²) in [5.74, 6) is -0.778. The Kier molecular flexibility index (Phi) is 8.98. The van der Waals surface area contributed by atoms with Gasteiger partial charge in [0.2, 0.25) is 0 Å². The summed E-state index contributed by atoms with van der Waals surface area (Å²) in [5, 5.41) is 13.2. The van der Waals surface area contributed by atoms with E-state index in [1.54, 1.807) is 24.3 Å². The van der Waals surface area contributed by atoms with Gasteiger partial charge in [0, 0.05) is 24.3 Å². The van der Waals surface area contributed by atoms with Gasteiger partial charge in [0.25, 0.3) is 17.5 Å². The second-order valence-electron chi connectivity index (χ2n) is 8.36. The summed E-state index contributed by atoms with van der Waals surface area (Å²) in [6, 6.07) is 10.9. The Morgan fingerprint density at radius 1 is 0.976 bits per heavy atom. The number of ether oxygens (including phenoxy) is 4. The van der Waals surface area contributed by atoms with Gasteiger partial charge < -0.3 is 18.9 Å². The van der Waals surface area contributed by atoms with Crippen molar-refractivity contribution in [2.75, 3.05) is 26.2 Å². The van der Waals surface area contributed by atoms with Gasteiger partial charge in [-0.25, -0.2) is 9.69 Å². The molecule has 14 heteroatoms. The van der Waals surface area contributed by atoms with E-state index in [2.05, 4.69) is 5.32 Å². The van der Waals surface area contributed by atoms with E-state index in [9.17, 15) is 24.5 Å². The molecule has 1 heterocycles. The molecular formula is C27H21ClIN3O9. The van der Waals surface area contributed by atoms with Crippen LogP contribution in [-0.2, 0) is 16.2 Å². The summed E-state index contributed by atoms with van der Waals surface area (Å²) >= 11 is 8.18. The maximum absolute atomic E-state index is 13.5. The number of nitro groups is 1. The zero-order valence-corrected chi connectivity index (χ0v) is 24.6. The molecule has 4 rings (SSSR count). The van der Waals surface area contributed by atoms with Gasteiger partial charge >= 0.3 is 6.03 Å². The normalized spacial score (nSPS) is 14.1. The van der Waals surface area contributed by atoms with Gasteiger partial charge in [-0.15, -0.1) is 0 Å². The van der Waals surface area contributed by atoms with Crippen LogP contribution in [0.15, 0.2) is 54.1 Å². The Hall–Kier alpha value is -4.37. The van der Waals surface area contributed by atoms with Crippen molar-refractivity contribution in [3.8, 4) is 23.0 Å². The molecule has 1 N–H and O–H groups in total. The van der Waals surface area contributed by atoms with E-state index in [-0.39, 0.29) is 40.1 Å². The molecule has 0 radical (unpaired) electrons. The van der Waals surface area contributed by atoms with Gasteiger partial charge in [-0.2, -0.15) is 0 Å². The van der Waals surface area contributed by atoms with Crippen molar-refractivity contribution in [1.29, 1.82) is 0 Å². The number of halogens is 2. The fraction of sp³-hybridized carbons (Fsp3) is 0.148.